The van der Waals surface area contributed by atoms with E-state index in [9.17, 15) is 19.5 Å². The Hall–Kier alpha value is -2.23. The molecule has 0 radical (unpaired) electrons. The third-order valence-electron chi connectivity index (χ3n) is 5.50. The van der Waals surface area contributed by atoms with Crippen molar-refractivity contribution in [1.29, 1.82) is 0 Å². The maximum absolute atomic E-state index is 13.0. The average molecular weight is 494 g/mol. The van der Waals surface area contributed by atoms with Crippen LogP contribution in [0.4, 0.5) is 5.00 Å². The maximum atomic E-state index is 13.0. The van der Waals surface area contributed by atoms with Crippen LogP contribution >= 0.6 is 27.3 Å². The molecular weight excluding hydrogens is 474 g/mol. The van der Waals surface area contributed by atoms with Gasteiger partial charge in [0, 0.05) is 15.4 Å². The molecule has 1 aromatic heterocycles. The predicted octanol–water partition coefficient (Wildman–Crippen LogP) is 4.17. The Labute approximate surface area is 185 Å². The highest BCUT2D eigenvalue weighted by Gasteiger charge is 2.55. The van der Waals surface area contributed by atoms with Crippen LogP contribution in [0, 0.1) is 11.8 Å². The van der Waals surface area contributed by atoms with E-state index in [4.69, 9.17) is 9.47 Å². The van der Waals surface area contributed by atoms with Gasteiger partial charge in [-0.2, -0.15) is 0 Å². The second-order valence-corrected chi connectivity index (χ2v) is 9.05. The number of halogens is 1. The van der Waals surface area contributed by atoms with Crippen LogP contribution < -0.4 is 5.32 Å². The molecule has 1 aromatic carbocycles. The summed E-state index contributed by atoms with van der Waals surface area (Å²) in [6.45, 7) is 1.91. The maximum Gasteiger partial charge on any atom is 0.341 e. The highest BCUT2D eigenvalue weighted by molar-refractivity contribution is 9.10. The monoisotopic (exact) mass is 493 g/mol. The number of anilines is 1. The van der Waals surface area contributed by atoms with Crippen molar-refractivity contribution >= 4 is 50.1 Å². The summed E-state index contributed by atoms with van der Waals surface area (Å²) in [6, 6.07) is 7.48. The van der Waals surface area contributed by atoms with E-state index in [0.717, 1.165) is 10.0 Å². The number of aliphatic carboxylic acids is 1. The lowest BCUT2D eigenvalue weighted by atomic mass is 9.79. The van der Waals surface area contributed by atoms with Crippen molar-refractivity contribution in [3.8, 4) is 11.1 Å². The number of hydrogen-bond acceptors (Lipinski definition) is 6. The molecule has 2 saturated heterocycles. The van der Waals surface area contributed by atoms with Crippen LogP contribution in [0.2, 0.25) is 0 Å². The normalized spacial score (nSPS) is 24.6. The first-order valence-electron chi connectivity index (χ1n) is 9.64. The molecule has 4 rings (SSSR count). The number of thiophene rings is 1. The van der Waals surface area contributed by atoms with Gasteiger partial charge in [0.05, 0.1) is 30.7 Å². The molecule has 0 unspecified atom stereocenters. The van der Waals surface area contributed by atoms with Crippen molar-refractivity contribution in [2.45, 2.75) is 32.0 Å². The molecular formula is C21H20BrNO6S. The van der Waals surface area contributed by atoms with E-state index in [2.05, 4.69) is 21.2 Å². The minimum atomic E-state index is -1.03. The van der Waals surface area contributed by atoms with Crippen molar-refractivity contribution in [2.75, 3.05) is 11.9 Å². The Morgan fingerprint density at radius 2 is 2.00 bits per heavy atom. The van der Waals surface area contributed by atoms with Gasteiger partial charge in [-0.1, -0.05) is 28.1 Å². The summed E-state index contributed by atoms with van der Waals surface area (Å²) in [5, 5.41) is 14.5. The molecule has 2 fully saturated rings. The summed E-state index contributed by atoms with van der Waals surface area (Å²) in [6.07, 6.45) is 0.455. The lowest BCUT2D eigenvalue weighted by Gasteiger charge is -2.23. The highest BCUT2D eigenvalue weighted by Crippen LogP contribution is 2.45. The van der Waals surface area contributed by atoms with Crippen LogP contribution in [0.3, 0.4) is 0 Å². The van der Waals surface area contributed by atoms with Crippen molar-refractivity contribution in [3.63, 3.8) is 0 Å². The molecule has 2 aromatic rings. The zero-order chi connectivity index (χ0) is 21.4. The van der Waals surface area contributed by atoms with Gasteiger partial charge in [-0.3, -0.25) is 9.59 Å². The summed E-state index contributed by atoms with van der Waals surface area (Å²) in [5.74, 6) is -3.67. The summed E-state index contributed by atoms with van der Waals surface area (Å²) < 4.78 is 11.8. The van der Waals surface area contributed by atoms with Gasteiger partial charge in [0.1, 0.15) is 10.6 Å². The minimum Gasteiger partial charge on any atom is -0.481 e. The van der Waals surface area contributed by atoms with Gasteiger partial charge in [-0.25, -0.2) is 4.79 Å². The number of hydrogen-bond donors (Lipinski definition) is 2. The molecule has 0 spiro atoms. The fourth-order valence-corrected chi connectivity index (χ4v) is 5.60. The van der Waals surface area contributed by atoms with Gasteiger partial charge in [0.15, 0.2) is 0 Å². The Morgan fingerprint density at radius 3 is 2.67 bits per heavy atom. The molecule has 3 heterocycles. The molecule has 2 N–H and O–H groups in total. The van der Waals surface area contributed by atoms with E-state index in [1.807, 2.05) is 24.3 Å². The van der Waals surface area contributed by atoms with Crippen LogP contribution in [0.25, 0.3) is 11.1 Å². The van der Waals surface area contributed by atoms with Gasteiger partial charge >= 0.3 is 11.9 Å². The molecule has 30 heavy (non-hydrogen) atoms. The van der Waals surface area contributed by atoms with Gasteiger partial charge in [0.25, 0.3) is 0 Å². The smallest absolute Gasteiger partial charge is 0.341 e. The number of carbonyl (C=O) groups excluding carboxylic acids is 2. The van der Waals surface area contributed by atoms with E-state index >= 15 is 0 Å². The van der Waals surface area contributed by atoms with Crippen molar-refractivity contribution in [1.82, 2.24) is 0 Å². The number of carbonyl (C=O) groups is 3. The average Bonchev–Trinajstić information content (AvgIpc) is 3.42. The number of rotatable bonds is 6. The fourth-order valence-electron chi connectivity index (χ4n) is 4.24. The predicted molar refractivity (Wildman–Crippen MR) is 115 cm³/mol. The molecule has 9 heteroatoms. The van der Waals surface area contributed by atoms with E-state index in [1.54, 1.807) is 12.3 Å². The number of nitrogens with one attached hydrogen (secondary N) is 1. The lowest BCUT2D eigenvalue weighted by molar-refractivity contribution is -0.147. The number of amides is 1. The van der Waals surface area contributed by atoms with Crippen LogP contribution in [0.15, 0.2) is 34.1 Å². The molecule has 7 nitrogen and oxygen atoms in total. The molecule has 0 aliphatic carbocycles. The summed E-state index contributed by atoms with van der Waals surface area (Å²) >= 11 is 4.64. The van der Waals surface area contributed by atoms with Crippen LogP contribution in [-0.2, 0) is 19.1 Å². The molecule has 1 amide bonds. The second kappa shape index (κ2) is 8.49. The van der Waals surface area contributed by atoms with Crippen molar-refractivity contribution in [3.05, 3.63) is 39.7 Å². The number of fused-ring (bicyclic) bond motifs is 2. The molecule has 2 aliphatic rings. The first kappa shape index (κ1) is 21.0. The van der Waals surface area contributed by atoms with Gasteiger partial charge in [0.2, 0.25) is 5.91 Å². The van der Waals surface area contributed by atoms with Crippen LogP contribution in [-0.4, -0.2) is 41.8 Å². The molecule has 4 atom stereocenters. The quantitative estimate of drug-likeness (QED) is 0.585. The van der Waals surface area contributed by atoms with Crippen molar-refractivity contribution in [2.24, 2.45) is 11.8 Å². The molecule has 158 valence electrons. The molecule has 2 aliphatic heterocycles. The Morgan fingerprint density at radius 1 is 1.27 bits per heavy atom. The van der Waals surface area contributed by atoms with E-state index in [-0.39, 0.29) is 12.2 Å². The summed E-state index contributed by atoms with van der Waals surface area (Å²) in [5.41, 5.74) is 1.72. The highest BCUT2D eigenvalue weighted by atomic mass is 79.9. The SMILES string of the molecule is CCOC(=O)c1c(-c2cccc(Br)c2)csc1NC(=O)[C@H]1[C@@H](C(=O)O)[C@@H]2CC[C@H]1O2. The number of carboxylic acid groups (broad SMARTS) is 1. The fraction of sp³-hybridized carbons (Fsp3) is 0.381. The minimum absolute atomic E-state index is 0.196. The Kier molecular flexibility index (Phi) is 5.95. The molecule has 2 bridgehead atoms. The van der Waals surface area contributed by atoms with Gasteiger partial charge in [-0.05, 0) is 37.5 Å². The number of ether oxygens (including phenoxy) is 2. The van der Waals surface area contributed by atoms with E-state index in [0.29, 0.717) is 23.4 Å². The van der Waals surface area contributed by atoms with E-state index in [1.165, 1.54) is 11.3 Å². The zero-order valence-corrected chi connectivity index (χ0v) is 18.5. The summed E-state index contributed by atoms with van der Waals surface area (Å²) in [4.78, 5) is 37.5. The van der Waals surface area contributed by atoms with Crippen molar-refractivity contribution < 1.29 is 29.0 Å². The Balaban J connectivity index is 1.66. The third-order valence-corrected chi connectivity index (χ3v) is 6.89. The third kappa shape index (κ3) is 3.77. The first-order valence-corrected chi connectivity index (χ1v) is 11.3. The van der Waals surface area contributed by atoms with Gasteiger partial charge in [-0.15, -0.1) is 11.3 Å². The second-order valence-electron chi connectivity index (χ2n) is 7.25. The van der Waals surface area contributed by atoms with Crippen LogP contribution in [0.1, 0.15) is 30.1 Å². The summed E-state index contributed by atoms with van der Waals surface area (Å²) in [7, 11) is 0. The largest absolute Gasteiger partial charge is 0.481 e. The first-order chi connectivity index (χ1) is 14.4. The molecule has 0 saturated carbocycles. The lowest BCUT2D eigenvalue weighted by Crippen LogP contribution is -2.41. The van der Waals surface area contributed by atoms with E-state index < -0.39 is 41.9 Å². The standard InChI is InChI=1S/C21H20BrNO6S/c1-2-28-21(27)15-12(10-4-3-5-11(22)8-10)9-30-19(15)23-18(24)16-13-6-7-14(29-13)17(16)20(25)26/h3-5,8-9,13-14,16-17H,2,6-7H2,1H3,(H,23,24)(H,25,26)/t13-,14+,16-,17+/m1/s1. The zero-order valence-electron chi connectivity index (χ0n) is 16.1. The number of esters is 1. The Bertz CT molecular complexity index is 1010. The van der Waals surface area contributed by atoms with Crippen LogP contribution in [0.5, 0.6) is 0 Å². The van der Waals surface area contributed by atoms with Gasteiger partial charge < -0.3 is 19.9 Å². The number of carboxylic acids is 1. The number of benzene rings is 1. The topological polar surface area (TPSA) is 102 Å².